The molecule has 0 fully saturated rings. The monoisotopic (exact) mass is 393 g/mol. The van der Waals surface area contributed by atoms with Gasteiger partial charge in [-0.25, -0.2) is 0 Å². The Morgan fingerprint density at radius 1 is 0.720 bits per heavy atom. The van der Waals surface area contributed by atoms with E-state index in [1.807, 2.05) is 25.1 Å². The van der Waals surface area contributed by atoms with Crippen LogP contribution in [0.2, 0.25) is 5.21 Å². The topological polar surface area (TPSA) is 26.3 Å². The summed E-state index contributed by atoms with van der Waals surface area (Å²) in [5, 5.41) is 0.435. The first-order chi connectivity index (χ1) is 12.3. The fourth-order valence-corrected chi connectivity index (χ4v) is 11.5. The SMILES string of the molecule is CCOC(=O)C[As+](c1ccccc1)(c1ccccc1)c1ccccc1. The molecule has 0 unspecified atom stereocenters. The average Bonchev–Trinajstić information content (AvgIpc) is 2.68. The molecule has 0 radical (unpaired) electrons. The average molecular weight is 393 g/mol. The van der Waals surface area contributed by atoms with E-state index in [2.05, 4.69) is 72.8 Å². The first kappa shape index (κ1) is 17.5. The molecule has 2 nitrogen and oxygen atoms in total. The predicted molar refractivity (Wildman–Crippen MR) is 105 cm³/mol. The van der Waals surface area contributed by atoms with Gasteiger partial charge >= 0.3 is 152 Å². The van der Waals surface area contributed by atoms with Gasteiger partial charge in [-0.05, 0) is 0 Å². The molecule has 3 aromatic carbocycles. The van der Waals surface area contributed by atoms with Gasteiger partial charge < -0.3 is 0 Å². The zero-order chi connectivity index (χ0) is 17.5. The quantitative estimate of drug-likeness (QED) is 0.476. The van der Waals surface area contributed by atoms with Crippen LogP contribution in [0.1, 0.15) is 6.92 Å². The zero-order valence-corrected chi connectivity index (χ0v) is 16.2. The van der Waals surface area contributed by atoms with E-state index >= 15 is 0 Å². The molecule has 0 bridgehead atoms. The minimum atomic E-state index is -2.96. The summed E-state index contributed by atoms with van der Waals surface area (Å²) in [5.41, 5.74) is 0. The van der Waals surface area contributed by atoms with Gasteiger partial charge in [-0.15, -0.1) is 0 Å². The molecule has 3 rings (SSSR count). The molecular weight excluding hydrogens is 371 g/mol. The molecule has 0 aliphatic carbocycles. The van der Waals surface area contributed by atoms with E-state index in [1.165, 1.54) is 13.1 Å². The molecule has 0 amide bonds. The number of hydrogen-bond acceptors (Lipinski definition) is 2. The molecule has 3 heteroatoms. The van der Waals surface area contributed by atoms with Crippen LogP contribution in [-0.4, -0.2) is 26.1 Å². The maximum absolute atomic E-state index is 12.6. The molecule has 0 heterocycles. The second-order valence-electron chi connectivity index (χ2n) is 5.78. The predicted octanol–water partition coefficient (Wildman–Crippen LogP) is 2.72. The molecule has 0 saturated heterocycles. The summed E-state index contributed by atoms with van der Waals surface area (Å²) in [4.78, 5) is 12.6. The van der Waals surface area contributed by atoms with Gasteiger partial charge in [0.2, 0.25) is 0 Å². The van der Waals surface area contributed by atoms with E-state index in [-0.39, 0.29) is 5.97 Å². The van der Waals surface area contributed by atoms with Crippen LogP contribution in [0.25, 0.3) is 0 Å². The first-order valence-electron chi connectivity index (χ1n) is 8.48. The molecule has 25 heavy (non-hydrogen) atoms. The van der Waals surface area contributed by atoms with Crippen molar-refractivity contribution in [3.63, 3.8) is 0 Å². The Morgan fingerprint density at radius 2 is 1.08 bits per heavy atom. The van der Waals surface area contributed by atoms with Crippen LogP contribution in [0, 0.1) is 0 Å². The molecule has 0 N–H and O–H groups in total. The minimum absolute atomic E-state index is 0.119. The third-order valence-corrected chi connectivity index (χ3v) is 13.2. The molecular formula is C22H22AsO2+. The van der Waals surface area contributed by atoms with Crippen molar-refractivity contribution in [3.8, 4) is 0 Å². The van der Waals surface area contributed by atoms with Gasteiger partial charge in [0.25, 0.3) is 0 Å². The van der Waals surface area contributed by atoms with E-state index < -0.39 is 13.6 Å². The summed E-state index contributed by atoms with van der Waals surface area (Å²) < 4.78 is 9.13. The van der Waals surface area contributed by atoms with E-state index in [1.54, 1.807) is 0 Å². The van der Waals surface area contributed by atoms with Crippen molar-refractivity contribution >= 4 is 32.6 Å². The normalized spacial score (nSPS) is 11.1. The summed E-state index contributed by atoms with van der Waals surface area (Å²) in [6.45, 7) is 2.27. The van der Waals surface area contributed by atoms with Gasteiger partial charge in [-0.1, -0.05) is 0 Å². The molecule has 0 aliphatic heterocycles. The Balaban J connectivity index is 2.26. The number of esters is 1. The van der Waals surface area contributed by atoms with Crippen molar-refractivity contribution in [2.75, 3.05) is 6.61 Å². The van der Waals surface area contributed by atoms with Crippen molar-refractivity contribution in [2.24, 2.45) is 0 Å². The van der Waals surface area contributed by atoms with Gasteiger partial charge in [-0.2, -0.15) is 0 Å². The summed E-state index contributed by atoms with van der Waals surface area (Å²) in [6.07, 6.45) is 0. The van der Waals surface area contributed by atoms with Crippen LogP contribution in [0.15, 0.2) is 91.0 Å². The van der Waals surface area contributed by atoms with Gasteiger partial charge in [0, 0.05) is 0 Å². The van der Waals surface area contributed by atoms with Crippen molar-refractivity contribution in [1.82, 2.24) is 0 Å². The maximum atomic E-state index is 12.6. The molecule has 3 aromatic rings. The molecule has 0 atom stereocenters. The Morgan fingerprint density at radius 3 is 1.40 bits per heavy atom. The summed E-state index contributed by atoms with van der Waals surface area (Å²) in [6, 6.07) is 31.4. The van der Waals surface area contributed by atoms with Crippen molar-refractivity contribution < 1.29 is 9.53 Å². The fraction of sp³-hybridized carbons (Fsp3) is 0.136. The van der Waals surface area contributed by atoms with Crippen LogP contribution in [0.3, 0.4) is 0 Å². The van der Waals surface area contributed by atoms with Gasteiger partial charge in [0.15, 0.2) is 0 Å². The molecule has 126 valence electrons. The number of benzene rings is 3. The van der Waals surface area contributed by atoms with Crippen LogP contribution >= 0.6 is 0 Å². The van der Waals surface area contributed by atoms with Crippen LogP contribution in [0.5, 0.6) is 0 Å². The summed E-state index contributed by atoms with van der Waals surface area (Å²) in [5.74, 6) is -0.119. The number of ether oxygens (including phenoxy) is 1. The second-order valence-corrected chi connectivity index (χ2v) is 13.1. The van der Waals surface area contributed by atoms with Crippen LogP contribution in [0.4, 0.5) is 0 Å². The number of rotatable bonds is 6. The number of carbonyl (C=O) groups excluding carboxylic acids is 1. The molecule has 0 spiro atoms. The zero-order valence-electron chi connectivity index (χ0n) is 14.3. The van der Waals surface area contributed by atoms with E-state index in [0.717, 1.165) is 0 Å². The first-order valence-corrected chi connectivity index (χ1v) is 12.6. The molecule has 0 aliphatic rings. The van der Waals surface area contributed by atoms with E-state index in [9.17, 15) is 4.79 Å². The standard InChI is InChI=1S/C22H22AsO2/c1-2-25-22(24)18-23(19-12-6-3-7-13-19,20-14-8-4-9-15-20)21-16-10-5-11-17-21/h3-17H,2,18H2,1H3/q+1. The fourth-order valence-electron chi connectivity index (χ4n) is 3.17. The van der Waals surface area contributed by atoms with Gasteiger partial charge in [0.05, 0.1) is 0 Å². The Bertz CT molecular complexity index is 705. The van der Waals surface area contributed by atoms with Crippen LogP contribution in [-0.2, 0) is 9.53 Å². The third-order valence-electron chi connectivity index (χ3n) is 4.26. The van der Waals surface area contributed by atoms with Gasteiger partial charge in [0.1, 0.15) is 0 Å². The molecule has 0 aromatic heterocycles. The van der Waals surface area contributed by atoms with Crippen molar-refractivity contribution in [2.45, 2.75) is 12.1 Å². The Labute approximate surface area is 151 Å². The third kappa shape index (κ3) is 3.70. The van der Waals surface area contributed by atoms with Gasteiger partial charge in [-0.3, -0.25) is 0 Å². The van der Waals surface area contributed by atoms with E-state index in [0.29, 0.717) is 11.8 Å². The summed E-state index contributed by atoms with van der Waals surface area (Å²) in [7, 11) is 0. The second kappa shape index (κ2) is 8.18. The van der Waals surface area contributed by atoms with Crippen molar-refractivity contribution in [3.05, 3.63) is 91.0 Å². The van der Waals surface area contributed by atoms with Crippen LogP contribution < -0.4 is 13.1 Å². The Hall–Kier alpha value is -2.31. The summed E-state index contributed by atoms with van der Waals surface area (Å²) >= 11 is -2.96. The Kier molecular flexibility index (Phi) is 5.73. The number of hydrogen-bond donors (Lipinski definition) is 0. The molecule has 0 saturated carbocycles. The number of carbonyl (C=O) groups is 1. The van der Waals surface area contributed by atoms with E-state index in [4.69, 9.17) is 4.74 Å². The van der Waals surface area contributed by atoms with Crippen molar-refractivity contribution in [1.29, 1.82) is 0 Å².